The van der Waals surface area contributed by atoms with Crippen molar-refractivity contribution in [2.75, 3.05) is 0 Å². The lowest BCUT2D eigenvalue weighted by Crippen LogP contribution is -2.10. The molecule has 2 aromatic rings. The highest BCUT2D eigenvalue weighted by atomic mass is 32.1. The second-order valence-corrected chi connectivity index (χ2v) is 3.88. The van der Waals surface area contributed by atoms with Crippen LogP contribution < -0.4 is 0 Å². The van der Waals surface area contributed by atoms with Gasteiger partial charge in [0.25, 0.3) is 0 Å². The Hall–Kier alpha value is -1.50. The first-order chi connectivity index (χ1) is 7.48. The molecule has 0 unspecified atom stereocenters. The molecule has 3 nitrogen and oxygen atoms in total. The molecule has 2 heterocycles. The Morgan fingerprint density at radius 3 is 2.56 bits per heavy atom. The van der Waals surface area contributed by atoms with Gasteiger partial charge in [-0.1, -0.05) is 0 Å². The minimum atomic E-state index is -4.52. The van der Waals surface area contributed by atoms with Crippen molar-refractivity contribution < 1.29 is 13.2 Å². The molecule has 0 bridgehead atoms. The molecule has 0 aromatic carbocycles. The second kappa shape index (κ2) is 3.82. The van der Waals surface area contributed by atoms with Crippen molar-refractivity contribution in [3.63, 3.8) is 0 Å². The zero-order valence-electron chi connectivity index (χ0n) is 8.12. The van der Waals surface area contributed by atoms with Crippen LogP contribution in [-0.4, -0.2) is 15.0 Å². The van der Waals surface area contributed by atoms with Gasteiger partial charge >= 0.3 is 6.18 Å². The third-order valence-corrected chi connectivity index (χ3v) is 2.84. The van der Waals surface area contributed by atoms with E-state index in [1.54, 1.807) is 12.4 Å². The number of nitrogens with zero attached hydrogens (tertiary/aromatic N) is 3. The Morgan fingerprint density at radius 2 is 2.00 bits per heavy atom. The molecule has 0 fully saturated rings. The fourth-order valence-electron chi connectivity index (χ4n) is 1.17. The number of halogens is 3. The van der Waals surface area contributed by atoms with Gasteiger partial charge in [0.2, 0.25) is 5.82 Å². The number of hydrogen-bond donors (Lipinski definition) is 0. The molecule has 0 spiro atoms. The van der Waals surface area contributed by atoms with E-state index in [1.165, 1.54) is 17.4 Å². The Balaban J connectivity index is 2.49. The van der Waals surface area contributed by atoms with Gasteiger partial charge in [0.15, 0.2) is 0 Å². The smallest absolute Gasteiger partial charge is 0.249 e. The normalized spacial score (nSPS) is 11.8. The van der Waals surface area contributed by atoms with Gasteiger partial charge in [0.05, 0.1) is 21.8 Å². The third-order valence-electron chi connectivity index (χ3n) is 1.89. The summed E-state index contributed by atoms with van der Waals surface area (Å²) in [5, 5.41) is 0. The number of aromatic nitrogens is 3. The van der Waals surface area contributed by atoms with Crippen LogP contribution in [0.3, 0.4) is 0 Å². The number of alkyl halides is 3. The lowest BCUT2D eigenvalue weighted by atomic mass is 10.3. The summed E-state index contributed by atoms with van der Waals surface area (Å²) in [6.07, 6.45) is -3.42. The maximum absolute atomic E-state index is 12.4. The SMILES string of the molecule is Cc1ncsc1-c1ccnc(C(F)(F)F)n1. The second-order valence-electron chi connectivity index (χ2n) is 3.03. The number of hydrogen-bond acceptors (Lipinski definition) is 4. The number of rotatable bonds is 1. The van der Waals surface area contributed by atoms with Crippen molar-refractivity contribution in [3.8, 4) is 10.6 Å². The summed E-state index contributed by atoms with van der Waals surface area (Å²) < 4.78 is 37.1. The molecule has 0 amide bonds. The maximum Gasteiger partial charge on any atom is 0.451 e. The number of aryl methyl sites for hydroxylation is 1. The van der Waals surface area contributed by atoms with Gasteiger partial charge in [0, 0.05) is 6.20 Å². The Kier molecular flexibility index (Phi) is 2.63. The first-order valence-electron chi connectivity index (χ1n) is 4.29. The lowest BCUT2D eigenvalue weighted by molar-refractivity contribution is -0.144. The topological polar surface area (TPSA) is 38.7 Å². The van der Waals surface area contributed by atoms with Crippen molar-refractivity contribution in [2.24, 2.45) is 0 Å². The van der Waals surface area contributed by atoms with Crippen LogP contribution in [0.2, 0.25) is 0 Å². The minimum Gasteiger partial charge on any atom is -0.249 e. The highest BCUT2D eigenvalue weighted by Crippen LogP contribution is 2.29. The van der Waals surface area contributed by atoms with E-state index in [4.69, 9.17) is 0 Å². The summed E-state index contributed by atoms with van der Waals surface area (Å²) in [6.45, 7) is 1.72. The van der Waals surface area contributed by atoms with Crippen LogP contribution in [0.1, 0.15) is 11.5 Å². The molecule has 0 aliphatic carbocycles. The molecule has 0 aliphatic rings. The molecular formula is C9H6F3N3S. The summed E-state index contributed by atoms with van der Waals surface area (Å²) in [5.41, 5.74) is 2.49. The van der Waals surface area contributed by atoms with E-state index in [0.29, 0.717) is 10.6 Å². The molecule has 0 saturated heterocycles. The molecule has 2 aromatic heterocycles. The average Bonchev–Trinajstić information content (AvgIpc) is 2.63. The van der Waals surface area contributed by atoms with Gasteiger partial charge in [0.1, 0.15) is 0 Å². The molecule has 0 N–H and O–H groups in total. The molecule has 2 rings (SSSR count). The summed E-state index contributed by atoms with van der Waals surface area (Å²) >= 11 is 1.25. The Labute approximate surface area is 93.0 Å². The maximum atomic E-state index is 12.4. The van der Waals surface area contributed by atoms with Crippen LogP contribution in [0.4, 0.5) is 13.2 Å². The van der Waals surface area contributed by atoms with Crippen molar-refractivity contribution in [3.05, 3.63) is 29.3 Å². The van der Waals surface area contributed by atoms with E-state index in [2.05, 4.69) is 15.0 Å². The van der Waals surface area contributed by atoms with Gasteiger partial charge in [-0.25, -0.2) is 15.0 Å². The highest BCUT2D eigenvalue weighted by molar-refractivity contribution is 7.13. The van der Waals surface area contributed by atoms with Crippen LogP contribution in [0.25, 0.3) is 10.6 Å². The standard InChI is InChI=1S/C9H6F3N3S/c1-5-7(16-4-14-5)6-2-3-13-8(15-6)9(10,11)12/h2-4H,1H3. The fraction of sp³-hybridized carbons (Fsp3) is 0.222. The predicted octanol–water partition coefficient (Wildman–Crippen LogP) is 2.93. The predicted molar refractivity (Wildman–Crippen MR) is 52.9 cm³/mol. The fourth-order valence-corrected chi connectivity index (χ4v) is 1.94. The van der Waals surface area contributed by atoms with E-state index < -0.39 is 12.0 Å². The monoisotopic (exact) mass is 245 g/mol. The average molecular weight is 245 g/mol. The summed E-state index contributed by atoms with van der Waals surface area (Å²) in [6, 6.07) is 1.44. The van der Waals surface area contributed by atoms with Gasteiger partial charge in [-0.3, -0.25) is 0 Å². The van der Waals surface area contributed by atoms with E-state index in [1.807, 2.05) is 0 Å². The molecule has 7 heteroatoms. The van der Waals surface area contributed by atoms with Crippen molar-refractivity contribution >= 4 is 11.3 Å². The molecule has 0 atom stereocenters. The first-order valence-corrected chi connectivity index (χ1v) is 5.17. The largest absolute Gasteiger partial charge is 0.451 e. The molecule has 0 saturated carbocycles. The molecule has 84 valence electrons. The Morgan fingerprint density at radius 1 is 1.25 bits per heavy atom. The number of thiazole rings is 1. The summed E-state index contributed by atoms with van der Waals surface area (Å²) in [7, 11) is 0. The summed E-state index contributed by atoms with van der Waals surface area (Å²) in [5.74, 6) is -1.13. The highest BCUT2D eigenvalue weighted by Gasteiger charge is 2.34. The lowest BCUT2D eigenvalue weighted by Gasteiger charge is -2.05. The minimum absolute atomic E-state index is 0.252. The van der Waals surface area contributed by atoms with Crippen molar-refractivity contribution in [1.29, 1.82) is 0 Å². The first kappa shape index (κ1) is 11.0. The van der Waals surface area contributed by atoms with E-state index in [0.717, 1.165) is 6.20 Å². The van der Waals surface area contributed by atoms with Crippen LogP contribution in [0, 0.1) is 6.92 Å². The van der Waals surface area contributed by atoms with E-state index in [9.17, 15) is 13.2 Å². The van der Waals surface area contributed by atoms with E-state index in [-0.39, 0.29) is 5.69 Å². The zero-order chi connectivity index (χ0) is 11.8. The quantitative estimate of drug-likeness (QED) is 0.775. The molecule has 0 aliphatic heterocycles. The van der Waals surface area contributed by atoms with Gasteiger partial charge in [-0.05, 0) is 13.0 Å². The van der Waals surface area contributed by atoms with Gasteiger partial charge in [-0.15, -0.1) is 11.3 Å². The van der Waals surface area contributed by atoms with Crippen LogP contribution in [0.5, 0.6) is 0 Å². The van der Waals surface area contributed by atoms with Crippen LogP contribution in [0.15, 0.2) is 17.8 Å². The zero-order valence-corrected chi connectivity index (χ0v) is 8.93. The van der Waals surface area contributed by atoms with Crippen molar-refractivity contribution in [1.82, 2.24) is 15.0 Å². The molecule has 16 heavy (non-hydrogen) atoms. The van der Waals surface area contributed by atoms with Crippen LogP contribution in [-0.2, 0) is 6.18 Å². The third kappa shape index (κ3) is 2.04. The van der Waals surface area contributed by atoms with Crippen molar-refractivity contribution in [2.45, 2.75) is 13.1 Å². The molecule has 0 radical (unpaired) electrons. The summed E-state index contributed by atoms with van der Waals surface area (Å²) in [4.78, 5) is 11.3. The van der Waals surface area contributed by atoms with Gasteiger partial charge in [-0.2, -0.15) is 13.2 Å². The molecular weight excluding hydrogens is 239 g/mol. The Bertz CT molecular complexity index is 507. The van der Waals surface area contributed by atoms with Crippen LogP contribution >= 0.6 is 11.3 Å². The van der Waals surface area contributed by atoms with Gasteiger partial charge < -0.3 is 0 Å². The van der Waals surface area contributed by atoms with E-state index >= 15 is 0 Å².